The standard InChI is InChI=1S/C31H45NO4S2/c1-5-7-8-9-10-11-12-13-22-37-30-27(6-2)32(38(35,36)26-20-16-24(4)17-21-26)29(28(30)31(33)34)25-18-14-23(3)15-19-25/h14-21,27-30H,5-13,22H2,1-4H3,(H,33,34)/t27-,28+,29+,30-/m1/s1. The number of unbranched alkanes of at least 4 members (excludes halogenated alkanes) is 7. The number of carbonyl (C=O) groups is 1. The van der Waals surface area contributed by atoms with Crippen LogP contribution in [0.2, 0.25) is 0 Å². The van der Waals surface area contributed by atoms with Crippen LogP contribution >= 0.6 is 11.8 Å². The third-order valence-electron chi connectivity index (χ3n) is 7.70. The molecule has 1 saturated heterocycles. The highest BCUT2D eigenvalue weighted by Gasteiger charge is 2.56. The molecule has 0 aliphatic carbocycles. The molecule has 4 atom stereocenters. The van der Waals surface area contributed by atoms with E-state index in [9.17, 15) is 18.3 Å². The zero-order valence-electron chi connectivity index (χ0n) is 23.4. The average Bonchev–Trinajstić information content (AvgIpc) is 3.23. The topological polar surface area (TPSA) is 74.7 Å². The molecule has 38 heavy (non-hydrogen) atoms. The Morgan fingerprint density at radius 1 is 0.842 bits per heavy atom. The van der Waals surface area contributed by atoms with Gasteiger partial charge in [-0.3, -0.25) is 4.79 Å². The van der Waals surface area contributed by atoms with Crippen LogP contribution in [0.25, 0.3) is 0 Å². The summed E-state index contributed by atoms with van der Waals surface area (Å²) in [5.41, 5.74) is 2.78. The van der Waals surface area contributed by atoms with E-state index < -0.39 is 34.0 Å². The summed E-state index contributed by atoms with van der Waals surface area (Å²) < 4.78 is 29.8. The maximum Gasteiger partial charge on any atom is 0.309 e. The Labute approximate surface area is 234 Å². The van der Waals surface area contributed by atoms with Crippen LogP contribution < -0.4 is 0 Å². The zero-order chi connectivity index (χ0) is 27.7. The molecule has 210 valence electrons. The van der Waals surface area contributed by atoms with E-state index >= 15 is 0 Å². The Kier molecular flexibility index (Phi) is 11.7. The van der Waals surface area contributed by atoms with Gasteiger partial charge in [-0.05, 0) is 50.1 Å². The van der Waals surface area contributed by atoms with Gasteiger partial charge in [-0.15, -0.1) is 0 Å². The molecule has 5 nitrogen and oxygen atoms in total. The van der Waals surface area contributed by atoms with Crippen molar-refractivity contribution < 1.29 is 18.3 Å². The van der Waals surface area contributed by atoms with Crippen molar-refractivity contribution in [1.82, 2.24) is 4.31 Å². The van der Waals surface area contributed by atoms with Crippen LogP contribution in [0.15, 0.2) is 53.4 Å². The quantitative estimate of drug-likeness (QED) is 0.226. The first-order valence-corrected chi connectivity index (χ1v) is 16.7. The molecule has 3 rings (SSSR count). The van der Waals surface area contributed by atoms with Gasteiger partial charge in [-0.1, -0.05) is 106 Å². The maximum atomic E-state index is 14.1. The molecule has 0 amide bonds. The smallest absolute Gasteiger partial charge is 0.309 e. The van der Waals surface area contributed by atoms with Crippen molar-refractivity contribution in [3.63, 3.8) is 0 Å². The fourth-order valence-electron chi connectivity index (χ4n) is 5.56. The molecular weight excluding hydrogens is 514 g/mol. The molecule has 2 aromatic carbocycles. The van der Waals surface area contributed by atoms with Crippen molar-refractivity contribution in [2.45, 2.75) is 108 Å². The summed E-state index contributed by atoms with van der Waals surface area (Å²) in [6.45, 7) is 8.10. The summed E-state index contributed by atoms with van der Waals surface area (Å²) in [5, 5.41) is 10.2. The summed E-state index contributed by atoms with van der Waals surface area (Å²) in [6.07, 6.45) is 10.3. The molecule has 1 aliphatic rings. The normalized spacial score (nSPS) is 22.1. The van der Waals surface area contributed by atoms with E-state index in [2.05, 4.69) is 6.92 Å². The van der Waals surface area contributed by atoms with Gasteiger partial charge >= 0.3 is 5.97 Å². The highest BCUT2D eigenvalue weighted by Crippen LogP contribution is 2.50. The fourth-order valence-corrected chi connectivity index (χ4v) is 9.21. The number of carboxylic acid groups (broad SMARTS) is 1. The van der Waals surface area contributed by atoms with Gasteiger partial charge in [0.25, 0.3) is 0 Å². The molecule has 1 aliphatic heterocycles. The van der Waals surface area contributed by atoms with E-state index in [0.29, 0.717) is 6.42 Å². The van der Waals surface area contributed by atoms with Gasteiger partial charge in [0.1, 0.15) is 0 Å². The number of aryl methyl sites for hydroxylation is 2. The van der Waals surface area contributed by atoms with Crippen molar-refractivity contribution in [3.8, 4) is 0 Å². The minimum absolute atomic E-state index is 0.219. The Morgan fingerprint density at radius 2 is 1.37 bits per heavy atom. The van der Waals surface area contributed by atoms with Gasteiger partial charge in [0.05, 0.1) is 16.9 Å². The maximum absolute atomic E-state index is 14.1. The molecule has 0 aromatic heterocycles. The molecule has 0 spiro atoms. The van der Waals surface area contributed by atoms with Crippen LogP contribution in [0.5, 0.6) is 0 Å². The molecule has 0 unspecified atom stereocenters. The summed E-state index contributed by atoms with van der Waals surface area (Å²) >= 11 is 1.66. The number of carboxylic acids is 1. The van der Waals surface area contributed by atoms with Crippen molar-refractivity contribution in [2.24, 2.45) is 5.92 Å². The second-order valence-corrected chi connectivity index (χ2v) is 13.8. The van der Waals surface area contributed by atoms with Gasteiger partial charge in [-0.2, -0.15) is 16.1 Å². The highest BCUT2D eigenvalue weighted by molar-refractivity contribution is 8.00. The number of hydrogen-bond donors (Lipinski definition) is 1. The molecular formula is C31H45NO4S2. The molecule has 0 saturated carbocycles. The Hall–Kier alpha value is -1.83. The SMILES string of the molecule is CCCCCCCCCCS[C@H]1[C@@H](C(=O)O)[C@H](c2ccc(C)cc2)N(S(=O)(=O)c2ccc(C)cc2)[C@@H]1CC. The number of nitrogens with zero attached hydrogens (tertiary/aromatic N) is 1. The second-order valence-electron chi connectivity index (χ2n) is 10.7. The predicted molar refractivity (Wildman–Crippen MR) is 158 cm³/mol. The van der Waals surface area contributed by atoms with E-state index in [1.54, 1.807) is 36.0 Å². The molecule has 1 N–H and O–H groups in total. The van der Waals surface area contributed by atoms with E-state index in [1.807, 2.05) is 45.0 Å². The molecule has 1 fully saturated rings. The number of benzene rings is 2. The lowest BCUT2D eigenvalue weighted by Crippen LogP contribution is -2.39. The minimum atomic E-state index is -3.92. The lowest BCUT2D eigenvalue weighted by atomic mass is 9.92. The Morgan fingerprint density at radius 3 is 1.89 bits per heavy atom. The van der Waals surface area contributed by atoms with Crippen molar-refractivity contribution in [3.05, 3.63) is 65.2 Å². The van der Waals surface area contributed by atoms with E-state index in [0.717, 1.165) is 35.3 Å². The van der Waals surface area contributed by atoms with Crippen LogP contribution in [0, 0.1) is 19.8 Å². The zero-order valence-corrected chi connectivity index (χ0v) is 25.1. The lowest BCUT2D eigenvalue weighted by Gasteiger charge is -2.30. The van der Waals surface area contributed by atoms with Crippen LogP contribution in [-0.4, -0.2) is 40.8 Å². The summed E-state index contributed by atoms with van der Waals surface area (Å²) in [5.74, 6) is -0.898. The van der Waals surface area contributed by atoms with Crippen molar-refractivity contribution in [1.29, 1.82) is 0 Å². The minimum Gasteiger partial charge on any atom is -0.481 e. The molecule has 7 heteroatoms. The lowest BCUT2D eigenvalue weighted by molar-refractivity contribution is -0.142. The second kappa shape index (κ2) is 14.5. The van der Waals surface area contributed by atoms with Crippen molar-refractivity contribution in [2.75, 3.05) is 5.75 Å². The molecule has 2 aromatic rings. The number of rotatable bonds is 15. The van der Waals surface area contributed by atoms with Gasteiger partial charge in [0, 0.05) is 11.3 Å². The first-order chi connectivity index (χ1) is 18.2. The Balaban J connectivity index is 1.88. The van der Waals surface area contributed by atoms with E-state index in [4.69, 9.17) is 0 Å². The van der Waals surface area contributed by atoms with Crippen molar-refractivity contribution >= 4 is 27.8 Å². The highest BCUT2D eigenvalue weighted by atomic mass is 32.2. The van der Waals surface area contributed by atoms with E-state index in [1.165, 1.54) is 42.8 Å². The third-order valence-corrected chi connectivity index (χ3v) is 11.1. The van der Waals surface area contributed by atoms with Crippen LogP contribution in [0.4, 0.5) is 0 Å². The fraction of sp³-hybridized carbons (Fsp3) is 0.581. The number of hydrogen-bond acceptors (Lipinski definition) is 4. The first-order valence-electron chi connectivity index (χ1n) is 14.2. The van der Waals surface area contributed by atoms with E-state index in [-0.39, 0.29) is 10.1 Å². The van der Waals surface area contributed by atoms with Gasteiger partial charge < -0.3 is 5.11 Å². The van der Waals surface area contributed by atoms with Gasteiger partial charge in [0.15, 0.2) is 0 Å². The number of aliphatic carboxylic acids is 1. The largest absolute Gasteiger partial charge is 0.481 e. The van der Waals surface area contributed by atoms with Gasteiger partial charge in [-0.25, -0.2) is 8.42 Å². The van der Waals surface area contributed by atoms with Crippen LogP contribution in [0.3, 0.4) is 0 Å². The first kappa shape index (κ1) is 30.7. The predicted octanol–water partition coefficient (Wildman–Crippen LogP) is 7.77. The summed E-state index contributed by atoms with van der Waals surface area (Å²) in [4.78, 5) is 13.0. The van der Waals surface area contributed by atoms with Crippen LogP contribution in [0.1, 0.15) is 94.4 Å². The number of sulfonamides is 1. The van der Waals surface area contributed by atoms with Crippen LogP contribution in [-0.2, 0) is 14.8 Å². The average molecular weight is 560 g/mol. The summed E-state index contributed by atoms with van der Waals surface area (Å²) in [7, 11) is -3.92. The number of thioether (sulfide) groups is 1. The molecule has 1 heterocycles. The third kappa shape index (κ3) is 7.42. The Bertz CT molecular complexity index is 1120. The monoisotopic (exact) mass is 559 g/mol. The summed E-state index contributed by atoms with van der Waals surface area (Å²) in [6, 6.07) is 13.4. The molecule has 0 bridgehead atoms. The van der Waals surface area contributed by atoms with Gasteiger partial charge in [0.2, 0.25) is 10.0 Å². The molecule has 0 radical (unpaired) electrons.